The molecule has 0 fully saturated rings. The van der Waals surface area contributed by atoms with E-state index < -0.39 is 0 Å². The molecular formula is C9H15N3O. The first-order valence-electron chi connectivity index (χ1n) is 4.72. The number of aromatic nitrogens is 2. The molecular weight excluding hydrogens is 166 g/mol. The zero-order valence-corrected chi connectivity index (χ0v) is 7.92. The van der Waals surface area contributed by atoms with Crippen molar-refractivity contribution in [3.63, 3.8) is 0 Å². The summed E-state index contributed by atoms with van der Waals surface area (Å²) in [7, 11) is 0. The van der Waals surface area contributed by atoms with E-state index in [0.29, 0.717) is 13.2 Å². The average Bonchev–Trinajstić information content (AvgIpc) is 2.55. The Hall–Kier alpha value is -0.870. The molecule has 0 spiro atoms. The number of fused-ring (bicyclic) bond motifs is 1. The van der Waals surface area contributed by atoms with Crippen molar-refractivity contribution in [2.75, 3.05) is 6.61 Å². The molecule has 0 atom stereocenters. The number of ether oxygens (including phenoxy) is 1. The quantitative estimate of drug-likeness (QED) is 0.720. The fourth-order valence-corrected chi connectivity index (χ4v) is 1.83. The summed E-state index contributed by atoms with van der Waals surface area (Å²) in [6, 6.07) is 0. The second-order valence-corrected chi connectivity index (χ2v) is 3.19. The summed E-state index contributed by atoms with van der Waals surface area (Å²) < 4.78 is 7.32. The minimum atomic E-state index is 0.580. The van der Waals surface area contributed by atoms with Crippen molar-refractivity contribution in [3.05, 3.63) is 17.0 Å². The lowest BCUT2D eigenvalue weighted by atomic mass is 10.1. The predicted molar refractivity (Wildman–Crippen MR) is 49.2 cm³/mol. The highest BCUT2D eigenvalue weighted by atomic mass is 16.5. The number of hydrogen-bond donors (Lipinski definition) is 1. The number of hydrogen-bond acceptors (Lipinski definition) is 3. The molecule has 72 valence electrons. The van der Waals surface area contributed by atoms with Gasteiger partial charge in [-0.1, -0.05) is 0 Å². The molecule has 4 heteroatoms. The van der Waals surface area contributed by atoms with Crippen LogP contribution >= 0.6 is 0 Å². The Balaban J connectivity index is 2.44. The van der Waals surface area contributed by atoms with Gasteiger partial charge < -0.3 is 10.5 Å². The van der Waals surface area contributed by atoms with Gasteiger partial charge in [0.1, 0.15) is 0 Å². The number of rotatable bonds is 2. The third-order valence-corrected chi connectivity index (χ3v) is 2.48. The summed E-state index contributed by atoms with van der Waals surface area (Å²) >= 11 is 0. The minimum Gasteiger partial charge on any atom is -0.375 e. The third-order valence-electron chi connectivity index (χ3n) is 2.48. The van der Waals surface area contributed by atoms with E-state index in [9.17, 15) is 0 Å². The molecule has 0 radical (unpaired) electrons. The fourth-order valence-electron chi connectivity index (χ4n) is 1.83. The number of nitrogens with two attached hydrogens (primary N) is 1. The summed E-state index contributed by atoms with van der Waals surface area (Å²) in [5, 5.41) is 4.45. The SMILES string of the molecule is CCn1nc2c(c1CN)CCOC2. The van der Waals surface area contributed by atoms with E-state index in [-0.39, 0.29) is 0 Å². The largest absolute Gasteiger partial charge is 0.375 e. The van der Waals surface area contributed by atoms with Crippen LogP contribution in [0.4, 0.5) is 0 Å². The lowest BCUT2D eigenvalue weighted by Crippen LogP contribution is -2.12. The first-order valence-corrected chi connectivity index (χ1v) is 4.72. The van der Waals surface area contributed by atoms with Gasteiger partial charge in [-0.15, -0.1) is 0 Å². The molecule has 1 aromatic heterocycles. The standard InChI is InChI=1S/C9H15N3O/c1-2-12-9(5-10)7-3-4-13-6-8(7)11-12/h2-6,10H2,1H3. The van der Waals surface area contributed by atoms with Gasteiger partial charge in [-0.3, -0.25) is 4.68 Å². The molecule has 0 amide bonds. The summed E-state index contributed by atoms with van der Waals surface area (Å²) in [5.41, 5.74) is 9.27. The Bertz CT molecular complexity index is 296. The van der Waals surface area contributed by atoms with Gasteiger partial charge in [-0.25, -0.2) is 0 Å². The van der Waals surface area contributed by atoms with Crippen LogP contribution in [0.5, 0.6) is 0 Å². The van der Waals surface area contributed by atoms with Crippen molar-refractivity contribution in [3.8, 4) is 0 Å². The van der Waals surface area contributed by atoms with Gasteiger partial charge in [0, 0.05) is 18.7 Å². The highest BCUT2D eigenvalue weighted by Gasteiger charge is 2.18. The highest BCUT2D eigenvalue weighted by Crippen LogP contribution is 2.19. The molecule has 2 heterocycles. The maximum Gasteiger partial charge on any atom is 0.0917 e. The molecule has 0 saturated carbocycles. The van der Waals surface area contributed by atoms with Gasteiger partial charge in [-0.2, -0.15) is 5.10 Å². The van der Waals surface area contributed by atoms with Gasteiger partial charge in [0.05, 0.1) is 24.6 Å². The van der Waals surface area contributed by atoms with Crippen LogP contribution in [0.25, 0.3) is 0 Å². The second-order valence-electron chi connectivity index (χ2n) is 3.19. The van der Waals surface area contributed by atoms with E-state index in [0.717, 1.165) is 25.3 Å². The van der Waals surface area contributed by atoms with Crippen LogP contribution in [0.1, 0.15) is 23.9 Å². The van der Waals surface area contributed by atoms with Crippen LogP contribution in [0.2, 0.25) is 0 Å². The molecule has 2 N–H and O–H groups in total. The van der Waals surface area contributed by atoms with Crippen LogP contribution in [0, 0.1) is 0 Å². The second kappa shape index (κ2) is 3.47. The monoisotopic (exact) mass is 181 g/mol. The molecule has 0 aromatic carbocycles. The maximum absolute atomic E-state index is 5.69. The van der Waals surface area contributed by atoms with Crippen LogP contribution in [0.3, 0.4) is 0 Å². The lowest BCUT2D eigenvalue weighted by molar-refractivity contribution is 0.108. The van der Waals surface area contributed by atoms with E-state index in [2.05, 4.69) is 12.0 Å². The average molecular weight is 181 g/mol. The van der Waals surface area contributed by atoms with E-state index in [4.69, 9.17) is 10.5 Å². The van der Waals surface area contributed by atoms with Crippen LogP contribution < -0.4 is 5.73 Å². The lowest BCUT2D eigenvalue weighted by Gasteiger charge is -2.11. The molecule has 4 nitrogen and oxygen atoms in total. The molecule has 0 bridgehead atoms. The summed E-state index contributed by atoms with van der Waals surface area (Å²) in [6.07, 6.45) is 0.960. The summed E-state index contributed by atoms with van der Waals surface area (Å²) in [4.78, 5) is 0. The topological polar surface area (TPSA) is 53.1 Å². The number of nitrogens with zero attached hydrogens (tertiary/aromatic N) is 2. The number of aryl methyl sites for hydroxylation is 1. The zero-order valence-electron chi connectivity index (χ0n) is 7.92. The van der Waals surface area contributed by atoms with E-state index in [1.165, 1.54) is 11.3 Å². The molecule has 0 aliphatic carbocycles. The Morgan fingerprint density at radius 2 is 2.46 bits per heavy atom. The smallest absolute Gasteiger partial charge is 0.0917 e. The normalized spacial score (nSPS) is 15.8. The van der Waals surface area contributed by atoms with Crippen molar-refractivity contribution in [2.45, 2.75) is 33.0 Å². The Kier molecular flexibility index (Phi) is 2.33. The third kappa shape index (κ3) is 1.36. The molecule has 0 unspecified atom stereocenters. The molecule has 1 aromatic rings. The van der Waals surface area contributed by atoms with Crippen molar-refractivity contribution in [1.29, 1.82) is 0 Å². The van der Waals surface area contributed by atoms with E-state index in [1.807, 2.05) is 4.68 Å². The molecule has 1 aliphatic heterocycles. The fraction of sp³-hybridized carbons (Fsp3) is 0.667. The molecule has 2 rings (SSSR count). The van der Waals surface area contributed by atoms with Crippen molar-refractivity contribution in [2.24, 2.45) is 5.73 Å². The van der Waals surface area contributed by atoms with Crippen molar-refractivity contribution in [1.82, 2.24) is 9.78 Å². The minimum absolute atomic E-state index is 0.580. The Morgan fingerprint density at radius 3 is 3.15 bits per heavy atom. The molecule has 13 heavy (non-hydrogen) atoms. The van der Waals surface area contributed by atoms with E-state index >= 15 is 0 Å². The van der Waals surface area contributed by atoms with E-state index in [1.54, 1.807) is 0 Å². The highest BCUT2D eigenvalue weighted by molar-refractivity contribution is 5.27. The predicted octanol–water partition coefficient (Wildman–Crippen LogP) is 0.434. The van der Waals surface area contributed by atoms with Crippen LogP contribution in [0.15, 0.2) is 0 Å². The first kappa shape index (κ1) is 8.72. The molecule has 0 saturated heterocycles. The van der Waals surface area contributed by atoms with Crippen molar-refractivity contribution >= 4 is 0 Å². The van der Waals surface area contributed by atoms with Crippen LogP contribution in [-0.2, 0) is 30.9 Å². The molecule has 1 aliphatic rings. The van der Waals surface area contributed by atoms with Crippen LogP contribution in [-0.4, -0.2) is 16.4 Å². The Labute approximate surface area is 77.7 Å². The van der Waals surface area contributed by atoms with Crippen molar-refractivity contribution < 1.29 is 4.74 Å². The Morgan fingerprint density at radius 1 is 1.62 bits per heavy atom. The summed E-state index contributed by atoms with van der Waals surface area (Å²) in [6.45, 7) is 5.00. The van der Waals surface area contributed by atoms with Gasteiger partial charge in [-0.05, 0) is 13.3 Å². The maximum atomic E-state index is 5.69. The van der Waals surface area contributed by atoms with Gasteiger partial charge in [0.15, 0.2) is 0 Å². The van der Waals surface area contributed by atoms with Gasteiger partial charge in [0.2, 0.25) is 0 Å². The zero-order chi connectivity index (χ0) is 9.26. The summed E-state index contributed by atoms with van der Waals surface area (Å²) in [5.74, 6) is 0. The van der Waals surface area contributed by atoms with Gasteiger partial charge in [0.25, 0.3) is 0 Å². The van der Waals surface area contributed by atoms with Gasteiger partial charge >= 0.3 is 0 Å². The first-order chi connectivity index (χ1) is 6.36.